The Morgan fingerprint density at radius 3 is 2.49 bits per heavy atom. The van der Waals surface area contributed by atoms with Crippen molar-refractivity contribution in [3.8, 4) is 0 Å². The summed E-state index contributed by atoms with van der Waals surface area (Å²) in [7, 11) is 0. The quantitative estimate of drug-likeness (QED) is 0.317. The van der Waals surface area contributed by atoms with Gasteiger partial charge in [-0.1, -0.05) is 24.3 Å². The summed E-state index contributed by atoms with van der Waals surface area (Å²) >= 11 is 0. The molecule has 6 rings (SSSR count). The predicted molar refractivity (Wildman–Crippen MR) is 159 cm³/mol. The molecule has 2 aliphatic rings. The maximum Gasteiger partial charge on any atom is 0.322 e. The van der Waals surface area contributed by atoms with E-state index in [2.05, 4.69) is 20.6 Å². The molecule has 12 heteroatoms. The molecule has 10 nitrogen and oxygen atoms in total. The molecule has 2 aromatic carbocycles. The van der Waals surface area contributed by atoms with Gasteiger partial charge in [0.25, 0.3) is 11.9 Å². The minimum absolute atomic E-state index is 0.123. The van der Waals surface area contributed by atoms with Gasteiger partial charge in [0.1, 0.15) is 17.5 Å². The summed E-state index contributed by atoms with van der Waals surface area (Å²) in [4.78, 5) is 40.2. The molecule has 2 saturated heterocycles. The van der Waals surface area contributed by atoms with Gasteiger partial charge in [0.05, 0.1) is 23.3 Å². The predicted octanol–water partition coefficient (Wildman–Crippen LogP) is 5.26. The van der Waals surface area contributed by atoms with Gasteiger partial charge in [0.2, 0.25) is 5.76 Å². The van der Waals surface area contributed by atoms with Crippen molar-refractivity contribution in [2.24, 2.45) is 0 Å². The Morgan fingerprint density at radius 2 is 1.74 bits per heavy atom. The number of piperazine rings is 1. The van der Waals surface area contributed by atoms with Gasteiger partial charge in [-0.3, -0.25) is 4.79 Å². The van der Waals surface area contributed by atoms with Crippen LogP contribution in [0.15, 0.2) is 71.3 Å². The SMILES string of the molecule is Cc1nc(N2CCC(c3cccc(F)c3)C2)oc1C(=O)Nc1ccc(N2CCN(C(=O)Nc3ccccc3F)CC2)nc1. The van der Waals surface area contributed by atoms with Gasteiger partial charge in [-0.15, -0.1) is 0 Å². The average molecular weight is 588 g/mol. The summed E-state index contributed by atoms with van der Waals surface area (Å²) in [6.07, 6.45) is 2.40. The number of aryl methyl sites for hydroxylation is 1. The molecule has 1 atom stereocenters. The van der Waals surface area contributed by atoms with Gasteiger partial charge in [-0.05, 0) is 55.3 Å². The second kappa shape index (κ2) is 12.1. The standard InChI is InChI=1S/C31H31F2N7O3/c1-20-28(43-31(35-20)40-12-11-22(19-40)21-5-4-6-23(32)17-21)29(41)36-24-9-10-27(34-18-24)38-13-15-39(16-14-38)30(42)37-26-8-3-2-7-25(26)33/h2-10,17-18,22H,11-16,19H2,1H3,(H,36,41)(H,37,42). The van der Waals surface area contributed by atoms with Crippen LogP contribution in [0, 0.1) is 18.6 Å². The molecular formula is C31H31F2N7O3. The molecule has 0 aliphatic carbocycles. The number of nitrogens with zero attached hydrogens (tertiary/aromatic N) is 5. The first-order valence-corrected chi connectivity index (χ1v) is 14.1. The normalized spacial score (nSPS) is 16.8. The van der Waals surface area contributed by atoms with Crippen molar-refractivity contribution in [3.63, 3.8) is 0 Å². The fraction of sp³-hybridized carbons (Fsp3) is 0.290. The van der Waals surface area contributed by atoms with Gasteiger partial charge < -0.3 is 29.8 Å². The van der Waals surface area contributed by atoms with Crippen molar-refractivity contribution in [2.75, 3.05) is 59.7 Å². The number of carbonyl (C=O) groups excluding carboxylic acids is 2. The van der Waals surface area contributed by atoms with Crippen molar-refractivity contribution in [2.45, 2.75) is 19.3 Å². The molecule has 0 radical (unpaired) electrons. The maximum absolute atomic E-state index is 13.9. The van der Waals surface area contributed by atoms with Crippen LogP contribution in [0.5, 0.6) is 0 Å². The number of amides is 3. The van der Waals surface area contributed by atoms with Crippen LogP contribution in [0.25, 0.3) is 0 Å². The Bertz CT molecular complexity index is 1620. The van der Waals surface area contributed by atoms with Crippen LogP contribution in [0.2, 0.25) is 0 Å². The number of carbonyl (C=O) groups is 2. The van der Waals surface area contributed by atoms with Gasteiger partial charge >= 0.3 is 6.03 Å². The van der Waals surface area contributed by atoms with Crippen LogP contribution in [0.3, 0.4) is 0 Å². The zero-order valence-electron chi connectivity index (χ0n) is 23.6. The number of nitrogens with one attached hydrogen (secondary N) is 2. The molecule has 0 bridgehead atoms. The van der Waals surface area contributed by atoms with Gasteiger partial charge in [0, 0.05) is 45.2 Å². The first-order valence-electron chi connectivity index (χ1n) is 14.1. The highest BCUT2D eigenvalue weighted by Gasteiger charge is 2.29. The lowest BCUT2D eigenvalue weighted by Crippen LogP contribution is -2.50. The number of benzene rings is 2. The molecule has 0 spiro atoms. The summed E-state index contributed by atoms with van der Waals surface area (Å²) in [5.41, 5.74) is 2.06. The summed E-state index contributed by atoms with van der Waals surface area (Å²) in [6.45, 7) is 5.05. The molecule has 2 fully saturated rings. The van der Waals surface area contributed by atoms with Crippen molar-refractivity contribution < 1.29 is 22.8 Å². The monoisotopic (exact) mass is 587 g/mol. The topological polar surface area (TPSA) is 107 Å². The highest BCUT2D eigenvalue weighted by Crippen LogP contribution is 2.32. The molecule has 222 valence electrons. The third-order valence-electron chi connectivity index (χ3n) is 7.78. The number of halogens is 2. The lowest BCUT2D eigenvalue weighted by atomic mass is 9.98. The number of rotatable bonds is 6. The Labute approximate surface area is 247 Å². The number of anilines is 4. The third kappa shape index (κ3) is 6.27. The maximum atomic E-state index is 13.9. The van der Waals surface area contributed by atoms with Crippen LogP contribution < -0.4 is 20.4 Å². The molecule has 43 heavy (non-hydrogen) atoms. The lowest BCUT2D eigenvalue weighted by molar-refractivity contribution is 0.0996. The van der Waals surface area contributed by atoms with E-state index < -0.39 is 11.7 Å². The first-order chi connectivity index (χ1) is 20.8. The minimum Gasteiger partial charge on any atom is -0.418 e. The molecule has 2 N–H and O–H groups in total. The Balaban J connectivity index is 1.02. The van der Waals surface area contributed by atoms with Gasteiger partial charge in [-0.25, -0.2) is 18.6 Å². The molecule has 0 saturated carbocycles. The molecule has 4 heterocycles. The number of oxazole rings is 1. The fourth-order valence-electron chi connectivity index (χ4n) is 5.43. The largest absolute Gasteiger partial charge is 0.418 e. The molecule has 3 amide bonds. The molecule has 1 unspecified atom stereocenters. The number of pyridine rings is 1. The lowest BCUT2D eigenvalue weighted by Gasteiger charge is -2.35. The van der Waals surface area contributed by atoms with Crippen LogP contribution >= 0.6 is 0 Å². The van der Waals surface area contributed by atoms with E-state index >= 15 is 0 Å². The fourth-order valence-corrected chi connectivity index (χ4v) is 5.43. The van der Waals surface area contributed by atoms with E-state index in [1.807, 2.05) is 15.9 Å². The zero-order valence-corrected chi connectivity index (χ0v) is 23.6. The minimum atomic E-state index is -0.479. The number of para-hydroxylation sites is 1. The average Bonchev–Trinajstić information content (AvgIpc) is 3.66. The smallest absolute Gasteiger partial charge is 0.322 e. The summed E-state index contributed by atoms with van der Waals surface area (Å²) < 4.78 is 33.4. The van der Waals surface area contributed by atoms with Crippen LogP contribution in [-0.2, 0) is 0 Å². The first kappa shape index (κ1) is 28.1. The van der Waals surface area contributed by atoms with E-state index in [1.54, 1.807) is 54.4 Å². The van der Waals surface area contributed by atoms with Crippen LogP contribution in [0.1, 0.15) is 34.2 Å². The Morgan fingerprint density at radius 1 is 0.930 bits per heavy atom. The van der Waals surface area contributed by atoms with Crippen LogP contribution in [-0.4, -0.2) is 66.1 Å². The summed E-state index contributed by atoms with van der Waals surface area (Å²) in [5, 5.41) is 5.43. The van der Waals surface area contributed by atoms with Gasteiger partial charge in [-0.2, -0.15) is 4.98 Å². The molecule has 4 aromatic rings. The van der Waals surface area contributed by atoms with E-state index in [-0.39, 0.29) is 29.2 Å². The van der Waals surface area contributed by atoms with E-state index in [9.17, 15) is 18.4 Å². The van der Waals surface area contributed by atoms with Crippen LogP contribution in [0.4, 0.5) is 36.8 Å². The van der Waals surface area contributed by atoms with E-state index in [0.717, 1.165) is 12.0 Å². The van der Waals surface area contributed by atoms with E-state index in [0.29, 0.717) is 62.5 Å². The third-order valence-corrected chi connectivity index (χ3v) is 7.78. The highest BCUT2D eigenvalue weighted by molar-refractivity contribution is 6.03. The van der Waals surface area contributed by atoms with Crippen molar-refractivity contribution in [1.82, 2.24) is 14.9 Å². The summed E-state index contributed by atoms with van der Waals surface area (Å²) in [5.74, 6) is -0.170. The zero-order chi connectivity index (χ0) is 29.9. The number of hydrogen-bond donors (Lipinski definition) is 2. The van der Waals surface area contributed by atoms with Crippen molar-refractivity contribution >= 4 is 35.1 Å². The number of hydrogen-bond acceptors (Lipinski definition) is 7. The van der Waals surface area contributed by atoms with E-state index in [4.69, 9.17) is 4.42 Å². The van der Waals surface area contributed by atoms with Crippen molar-refractivity contribution in [3.05, 3.63) is 95.5 Å². The second-order valence-electron chi connectivity index (χ2n) is 10.6. The molecular weight excluding hydrogens is 556 g/mol. The highest BCUT2D eigenvalue weighted by atomic mass is 19.1. The molecule has 2 aromatic heterocycles. The van der Waals surface area contributed by atoms with Crippen molar-refractivity contribution in [1.29, 1.82) is 0 Å². The Hall–Kier alpha value is -5.00. The van der Waals surface area contributed by atoms with Gasteiger partial charge in [0.15, 0.2) is 0 Å². The number of urea groups is 1. The Kier molecular flexibility index (Phi) is 7.91. The summed E-state index contributed by atoms with van der Waals surface area (Å²) in [6, 6.07) is 16.3. The second-order valence-corrected chi connectivity index (χ2v) is 10.6. The van der Waals surface area contributed by atoms with E-state index in [1.165, 1.54) is 18.2 Å². The number of aromatic nitrogens is 2. The molecule has 2 aliphatic heterocycles.